The maximum atomic E-state index is 12.8. The van der Waals surface area contributed by atoms with E-state index in [4.69, 9.17) is 14.2 Å². The molecule has 1 unspecified atom stereocenters. The van der Waals surface area contributed by atoms with Crippen LogP contribution < -0.4 is 0 Å². The second-order valence-corrected chi connectivity index (χ2v) is 17.1. The quantitative estimate of drug-likeness (QED) is 0.0348. The molecule has 5 nitrogen and oxygen atoms in total. The number of hydrogen-bond acceptors (Lipinski definition) is 5. The molecule has 0 aromatic rings. The Morgan fingerprint density at radius 2 is 0.724 bits per heavy atom. The summed E-state index contributed by atoms with van der Waals surface area (Å²) >= 11 is 0. The van der Waals surface area contributed by atoms with Crippen LogP contribution in [-0.2, 0) is 23.8 Å². The molecule has 0 amide bonds. The van der Waals surface area contributed by atoms with Crippen LogP contribution >= 0.6 is 0 Å². The highest BCUT2D eigenvalue weighted by Crippen LogP contribution is 2.15. The van der Waals surface area contributed by atoms with Gasteiger partial charge in [-0.05, 0) is 77.0 Å². The molecule has 0 aliphatic carbocycles. The Hall–Kier alpha value is -1.88. The first-order valence-corrected chi connectivity index (χ1v) is 25.5. The molecule has 0 aliphatic rings. The molecule has 0 N–H and O–H groups in total. The van der Waals surface area contributed by atoms with Crippen molar-refractivity contribution < 1.29 is 23.8 Å². The lowest BCUT2D eigenvalue weighted by molar-refractivity contribution is -0.163. The van der Waals surface area contributed by atoms with Crippen molar-refractivity contribution in [3.63, 3.8) is 0 Å². The van der Waals surface area contributed by atoms with Gasteiger partial charge in [-0.1, -0.05) is 211 Å². The average Bonchev–Trinajstić information content (AvgIpc) is 3.22. The lowest BCUT2D eigenvalue weighted by Gasteiger charge is -2.18. The smallest absolute Gasteiger partial charge is 0.306 e. The first-order chi connectivity index (χ1) is 28.6. The number of carbonyl (C=O) groups is 2. The molecule has 0 heterocycles. The number of carbonyl (C=O) groups excluding carboxylic acids is 2. The molecule has 0 fully saturated rings. The van der Waals surface area contributed by atoms with E-state index in [1.807, 2.05) is 0 Å². The van der Waals surface area contributed by atoms with E-state index < -0.39 is 6.10 Å². The van der Waals surface area contributed by atoms with Gasteiger partial charge in [0.2, 0.25) is 0 Å². The molecule has 5 heteroatoms. The summed E-state index contributed by atoms with van der Waals surface area (Å²) in [5.74, 6) is -0.401. The minimum Gasteiger partial charge on any atom is -0.462 e. The number of allylic oxidation sites excluding steroid dienone is 6. The predicted octanol–water partition coefficient (Wildman–Crippen LogP) is 17.0. The van der Waals surface area contributed by atoms with E-state index in [0.717, 1.165) is 57.8 Å². The van der Waals surface area contributed by atoms with E-state index in [0.29, 0.717) is 19.4 Å². The largest absolute Gasteiger partial charge is 0.462 e. The van der Waals surface area contributed by atoms with Gasteiger partial charge in [-0.2, -0.15) is 0 Å². The van der Waals surface area contributed by atoms with Gasteiger partial charge >= 0.3 is 11.9 Å². The van der Waals surface area contributed by atoms with Gasteiger partial charge in [0.05, 0.1) is 6.61 Å². The van der Waals surface area contributed by atoms with E-state index in [2.05, 4.69) is 57.2 Å². The standard InChI is InChI=1S/C53H98O5/c1-4-7-10-13-16-19-22-25-26-27-30-33-36-39-42-45-48-56-49-51(58-53(55)47-44-41-38-35-32-29-24-21-18-15-12-9-6-3)50-57-52(54)46-43-40-37-34-31-28-23-20-17-14-11-8-5-2/h16,19-20,23,25-26,51H,4-15,17-18,21-22,24,27-50H2,1-3H3/b19-16-,23-20-,26-25-. The van der Waals surface area contributed by atoms with Crippen LogP contribution in [0.2, 0.25) is 0 Å². The monoisotopic (exact) mass is 815 g/mol. The Bertz CT molecular complexity index is 924. The van der Waals surface area contributed by atoms with Crippen molar-refractivity contribution in [2.75, 3.05) is 19.8 Å². The van der Waals surface area contributed by atoms with Crippen LogP contribution in [-0.4, -0.2) is 37.9 Å². The first kappa shape index (κ1) is 56.1. The molecular weight excluding hydrogens is 717 g/mol. The van der Waals surface area contributed by atoms with Crippen LogP contribution in [0.1, 0.15) is 265 Å². The SMILES string of the molecule is CCCCC/C=C\C/C=C\CCCCCCCCOCC(COC(=O)CCCCCCC/C=C\CCCCCC)OC(=O)CCCCCCCCCCCCCCC. The molecular formula is C53H98O5. The molecule has 0 aromatic carbocycles. The lowest BCUT2D eigenvalue weighted by atomic mass is 10.0. The predicted molar refractivity (Wildman–Crippen MR) is 252 cm³/mol. The molecule has 0 radical (unpaired) electrons. The third kappa shape index (κ3) is 46.8. The summed E-state index contributed by atoms with van der Waals surface area (Å²) in [6, 6.07) is 0. The summed E-state index contributed by atoms with van der Waals surface area (Å²) in [5, 5.41) is 0. The highest BCUT2D eigenvalue weighted by atomic mass is 16.6. The van der Waals surface area contributed by atoms with Gasteiger partial charge in [0.15, 0.2) is 6.10 Å². The normalized spacial score (nSPS) is 12.4. The minimum absolute atomic E-state index is 0.0810. The summed E-state index contributed by atoms with van der Waals surface area (Å²) < 4.78 is 17.4. The summed E-state index contributed by atoms with van der Waals surface area (Å²) in [7, 11) is 0. The van der Waals surface area contributed by atoms with Gasteiger partial charge in [0.1, 0.15) is 6.61 Å². The Morgan fingerprint density at radius 1 is 0.379 bits per heavy atom. The minimum atomic E-state index is -0.539. The molecule has 340 valence electrons. The van der Waals surface area contributed by atoms with Gasteiger partial charge in [-0.25, -0.2) is 0 Å². The van der Waals surface area contributed by atoms with Crippen molar-refractivity contribution in [1.29, 1.82) is 0 Å². The van der Waals surface area contributed by atoms with Gasteiger partial charge in [0, 0.05) is 19.4 Å². The molecule has 0 rings (SSSR count). The lowest BCUT2D eigenvalue weighted by Crippen LogP contribution is -2.30. The highest BCUT2D eigenvalue weighted by Gasteiger charge is 2.17. The van der Waals surface area contributed by atoms with E-state index in [1.54, 1.807) is 0 Å². The van der Waals surface area contributed by atoms with E-state index >= 15 is 0 Å². The number of hydrogen-bond donors (Lipinski definition) is 0. The number of esters is 2. The molecule has 0 saturated heterocycles. The summed E-state index contributed by atoms with van der Waals surface area (Å²) in [6.07, 6.45) is 58.6. The Balaban J connectivity index is 4.26. The second kappa shape index (κ2) is 49.5. The van der Waals surface area contributed by atoms with Crippen LogP contribution in [0.25, 0.3) is 0 Å². The zero-order valence-corrected chi connectivity index (χ0v) is 39.1. The summed E-state index contributed by atoms with van der Waals surface area (Å²) in [5.41, 5.74) is 0. The van der Waals surface area contributed by atoms with Crippen LogP contribution in [0.3, 0.4) is 0 Å². The topological polar surface area (TPSA) is 61.8 Å². The van der Waals surface area contributed by atoms with E-state index in [1.165, 1.54) is 173 Å². The zero-order valence-electron chi connectivity index (χ0n) is 39.1. The fourth-order valence-corrected chi connectivity index (χ4v) is 7.30. The maximum absolute atomic E-state index is 12.8. The maximum Gasteiger partial charge on any atom is 0.306 e. The Morgan fingerprint density at radius 3 is 1.21 bits per heavy atom. The van der Waals surface area contributed by atoms with Gasteiger partial charge < -0.3 is 14.2 Å². The van der Waals surface area contributed by atoms with Crippen molar-refractivity contribution in [2.24, 2.45) is 0 Å². The third-order valence-corrected chi connectivity index (χ3v) is 11.1. The van der Waals surface area contributed by atoms with Crippen LogP contribution in [0, 0.1) is 0 Å². The zero-order chi connectivity index (χ0) is 42.1. The Kier molecular flexibility index (Phi) is 47.9. The summed E-state index contributed by atoms with van der Waals surface area (Å²) in [4.78, 5) is 25.3. The number of unbranched alkanes of at least 4 members (excludes halogenated alkanes) is 30. The average molecular weight is 815 g/mol. The molecule has 1 atom stereocenters. The fraction of sp³-hybridized carbons (Fsp3) is 0.849. The second-order valence-electron chi connectivity index (χ2n) is 17.1. The van der Waals surface area contributed by atoms with Crippen LogP contribution in [0.4, 0.5) is 0 Å². The highest BCUT2D eigenvalue weighted by molar-refractivity contribution is 5.70. The van der Waals surface area contributed by atoms with Crippen LogP contribution in [0.15, 0.2) is 36.5 Å². The van der Waals surface area contributed by atoms with E-state index in [-0.39, 0.29) is 25.2 Å². The molecule has 0 aliphatic heterocycles. The van der Waals surface area contributed by atoms with Crippen molar-refractivity contribution in [1.82, 2.24) is 0 Å². The van der Waals surface area contributed by atoms with E-state index in [9.17, 15) is 9.59 Å². The fourth-order valence-electron chi connectivity index (χ4n) is 7.30. The first-order valence-electron chi connectivity index (χ1n) is 25.5. The molecule has 0 aromatic heterocycles. The Labute approximate surface area is 361 Å². The van der Waals surface area contributed by atoms with Crippen molar-refractivity contribution in [3.8, 4) is 0 Å². The van der Waals surface area contributed by atoms with Gasteiger partial charge in [0.25, 0.3) is 0 Å². The molecule has 0 bridgehead atoms. The van der Waals surface area contributed by atoms with Crippen LogP contribution in [0.5, 0.6) is 0 Å². The van der Waals surface area contributed by atoms with Crippen molar-refractivity contribution in [2.45, 2.75) is 271 Å². The van der Waals surface area contributed by atoms with Gasteiger partial charge in [-0.15, -0.1) is 0 Å². The number of ether oxygens (including phenoxy) is 3. The summed E-state index contributed by atoms with van der Waals surface area (Å²) in [6.45, 7) is 7.79. The van der Waals surface area contributed by atoms with Crippen molar-refractivity contribution in [3.05, 3.63) is 36.5 Å². The van der Waals surface area contributed by atoms with Crippen molar-refractivity contribution >= 4 is 11.9 Å². The van der Waals surface area contributed by atoms with Gasteiger partial charge in [-0.3, -0.25) is 9.59 Å². The molecule has 0 saturated carbocycles. The molecule has 58 heavy (non-hydrogen) atoms. The third-order valence-electron chi connectivity index (χ3n) is 11.1. The number of rotatable bonds is 47. The molecule has 0 spiro atoms.